The first-order valence-electron chi connectivity index (χ1n) is 13.1. The number of likely N-dealkylation sites (tertiary alicyclic amines) is 2. The van der Waals surface area contributed by atoms with Crippen molar-refractivity contribution in [2.24, 2.45) is 5.92 Å². The Hall–Kier alpha value is -2.25. The summed E-state index contributed by atoms with van der Waals surface area (Å²) in [5, 5.41) is 3.07. The van der Waals surface area contributed by atoms with Gasteiger partial charge >= 0.3 is 0 Å². The zero-order valence-electron chi connectivity index (χ0n) is 20.2. The molecule has 3 atom stereocenters. The Kier molecular flexibility index (Phi) is 7.02. The first kappa shape index (κ1) is 23.5. The predicted octanol–water partition coefficient (Wildman–Crippen LogP) is 2.74. The van der Waals surface area contributed by atoms with Crippen LogP contribution in [0.15, 0.2) is 24.3 Å². The molecule has 3 saturated heterocycles. The highest BCUT2D eigenvalue weighted by atomic mass is 16.5. The Bertz CT molecular complexity index is 903. The monoisotopic (exact) mass is 467 g/mol. The third-order valence-corrected chi connectivity index (χ3v) is 8.50. The molecular formula is C27H37N3O4. The van der Waals surface area contributed by atoms with Crippen LogP contribution < -0.4 is 5.32 Å². The average molecular weight is 468 g/mol. The molecule has 2 amide bonds. The van der Waals surface area contributed by atoms with E-state index in [1.165, 1.54) is 5.56 Å². The van der Waals surface area contributed by atoms with Crippen molar-refractivity contribution in [3.63, 3.8) is 0 Å². The van der Waals surface area contributed by atoms with E-state index in [1.807, 2.05) is 12.1 Å². The normalized spacial score (nSPS) is 27.2. The second-order valence-corrected chi connectivity index (χ2v) is 10.4. The number of piperidine rings is 1. The lowest BCUT2D eigenvalue weighted by molar-refractivity contribution is -0.139. The first-order valence-corrected chi connectivity index (χ1v) is 13.1. The van der Waals surface area contributed by atoms with Crippen LogP contribution in [0.1, 0.15) is 73.7 Å². The maximum absolute atomic E-state index is 13.6. The van der Waals surface area contributed by atoms with Gasteiger partial charge in [0.25, 0.3) is 5.91 Å². The van der Waals surface area contributed by atoms with Crippen LogP contribution in [0, 0.1) is 5.92 Å². The van der Waals surface area contributed by atoms with Crippen molar-refractivity contribution in [3.05, 3.63) is 35.4 Å². The molecule has 34 heavy (non-hydrogen) atoms. The van der Waals surface area contributed by atoms with E-state index in [1.54, 1.807) is 4.90 Å². The molecule has 1 aromatic rings. The van der Waals surface area contributed by atoms with E-state index in [0.29, 0.717) is 24.4 Å². The number of ether oxygens (including phenoxy) is 1. The van der Waals surface area contributed by atoms with Crippen LogP contribution in [-0.2, 0) is 14.3 Å². The van der Waals surface area contributed by atoms with Crippen molar-refractivity contribution in [2.75, 3.05) is 32.8 Å². The number of carbonyl (C=O) groups excluding carboxylic acids is 3. The standard InChI is InChI=1S/C27H37N3O4/c1-2-29-14-11-19(12-15-29)18-7-9-21(10-8-18)26(32)28-24(20-5-3-4-6-20)27(33)30-16-13-23-25(30)22(31)17-34-23/h7-10,19-20,23-25H,2-6,11-17H2,1H3,(H,28,32)/t23-,24+,25-/m1/s1. The lowest BCUT2D eigenvalue weighted by Gasteiger charge is -2.31. The second-order valence-electron chi connectivity index (χ2n) is 10.4. The molecule has 3 heterocycles. The molecule has 0 spiro atoms. The van der Waals surface area contributed by atoms with Crippen LogP contribution in [0.5, 0.6) is 0 Å². The quantitative estimate of drug-likeness (QED) is 0.696. The fourth-order valence-corrected chi connectivity index (χ4v) is 6.41. The predicted molar refractivity (Wildman–Crippen MR) is 129 cm³/mol. The third-order valence-electron chi connectivity index (χ3n) is 8.50. The van der Waals surface area contributed by atoms with E-state index in [0.717, 1.165) is 58.2 Å². The molecule has 0 unspecified atom stereocenters. The van der Waals surface area contributed by atoms with Gasteiger partial charge in [0, 0.05) is 12.1 Å². The Morgan fingerprint density at radius 2 is 1.74 bits per heavy atom. The Labute approximate surface area is 202 Å². The lowest BCUT2D eigenvalue weighted by atomic mass is 9.89. The number of Topliss-reactive ketones (excluding diaryl/α,β-unsaturated/α-hetero) is 1. The number of benzene rings is 1. The molecule has 1 aliphatic carbocycles. The summed E-state index contributed by atoms with van der Waals surface area (Å²) in [5.41, 5.74) is 1.88. The summed E-state index contributed by atoms with van der Waals surface area (Å²) in [7, 11) is 0. The van der Waals surface area contributed by atoms with E-state index in [4.69, 9.17) is 4.74 Å². The largest absolute Gasteiger partial charge is 0.368 e. The van der Waals surface area contributed by atoms with E-state index in [-0.39, 0.29) is 36.2 Å². The summed E-state index contributed by atoms with van der Waals surface area (Å²) < 4.78 is 5.57. The molecule has 184 valence electrons. The molecule has 1 aromatic carbocycles. The average Bonchev–Trinajstić information content (AvgIpc) is 3.62. The van der Waals surface area contributed by atoms with Crippen molar-refractivity contribution >= 4 is 17.6 Å². The highest BCUT2D eigenvalue weighted by molar-refractivity contribution is 5.99. The number of ketones is 1. The van der Waals surface area contributed by atoms with Gasteiger partial charge in [-0.1, -0.05) is 31.9 Å². The van der Waals surface area contributed by atoms with E-state index in [2.05, 4.69) is 29.3 Å². The van der Waals surface area contributed by atoms with Crippen LogP contribution in [0.3, 0.4) is 0 Å². The molecule has 0 bridgehead atoms. The number of rotatable bonds is 6. The first-order chi connectivity index (χ1) is 16.5. The minimum atomic E-state index is -0.583. The highest BCUT2D eigenvalue weighted by Crippen LogP contribution is 2.33. The van der Waals surface area contributed by atoms with Crippen molar-refractivity contribution in [3.8, 4) is 0 Å². The molecule has 7 nitrogen and oxygen atoms in total. The van der Waals surface area contributed by atoms with Crippen molar-refractivity contribution in [1.82, 2.24) is 15.1 Å². The zero-order valence-corrected chi connectivity index (χ0v) is 20.2. The van der Waals surface area contributed by atoms with Crippen LogP contribution in [0.2, 0.25) is 0 Å². The number of fused-ring (bicyclic) bond motifs is 1. The minimum Gasteiger partial charge on any atom is -0.368 e. The molecule has 5 rings (SSSR count). The summed E-state index contributed by atoms with van der Waals surface area (Å²) >= 11 is 0. The molecule has 4 fully saturated rings. The molecule has 1 N–H and O–H groups in total. The Morgan fingerprint density at radius 3 is 2.41 bits per heavy atom. The number of hydrogen-bond acceptors (Lipinski definition) is 5. The fourth-order valence-electron chi connectivity index (χ4n) is 6.41. The lowest BCUT2D eigenvalue weighted by Crippen LogP contribution is -2.54. The van der Waals surface area contributed by atoms with Gasteiger partial charge in [0.15, 0.2) is 5.78 Å². The SMILES string of the molecule is CCN1CCC(c2ccc(C(=O)N[C@H](C(=O)N3CC[C@H]4OCC(=O)[C@H]43)C3CCCC3)cc2)CC1. The third kappa shape index (κ3) is 4.65. The van der Waals surface area contributed by atoms with Gasteiger partial charge in [0.05, 0.1) is 6.10 Å². The molecular weight excluding hydrogens is 430 g/mol. The van der Waals surface area contributed by atoms with Crippen molar-refractivity contribution in [1.29, 1.82) is 0 Å². The van der Waals surface area contributed by atoms with Gasteiger partial charge in [-0.05, 0) is 81.3 Å². The topological polar surface area (TPSA) is 79.0 Å². The molecule has 1 saturated carbocycles. The molecule has 4 aliphatic rings. The van der Waals surface area contributed by atoms with E-state index in [9.17, 15) is 14.4 Å². The Morgan fingerprint density at radius 1 is 1.03 bits per heavy atom. The fraction of sp³-hybridized carbons (Fsp3) is 0.667. The van der Waals surface area contributed by atoms with Gasteiger partial charge in [0.2, 0.25) is 5.91 Å². The summed E-state index contributed by atoms with van der Waals surface area (Å²) in [6.07, 6.45) is 6.81. The number of nitrogens with one attached hydrogen (secondary N) is 1. The summed E-state index contributed by atoms with van der Waals surface area (Å²) in [4.78, 5) is 43.3. The van der Waals surface area contributed by atoms with Gasteiger partial charge in [0.1, 0.15) is 18.7 Å². The molecule has 0 radical (unpaired) electrons. The van der Waals surface area contributed by atoms with Crippen molar-refractivity contribution < 1.29 is 19.1 Å². The number of hydrogen-bond donors (Lipinski definition) is 1. The Balaban J connectivity index is 1.27. The van der Waals surface area contributed by atoms with Gasteiger partial charge in [-0.2, -0.15) is 0 Å². The second kappa shape index (κ2) is 10.2. The van der Waals surface area contributed by atoms with Gasteiger partial charge < -0.3 is 19.9 Å². The van der Waals surface area contributed by atoms with Crippen LogP contribution >= 0.6 is 0 Å². The maximum atomic E-state index is 13.6. The van der Waals surface area contributed by atoms with Gasteiger partial charge in [-0.25, -0.2) is 0 Å². The summed E-state index contributed by atoms with van der Waals surface area (Å²) in [6.45, 7) is 6.17. The smallest absolute Gasteiger partial charge is 0.251 e. The van der Waals surface area contributed by atoms with Crippen LogP contribution in [0.25, 0.3) is 0 Å². The van der Waals surface area contributed by atoms with E-state index < -0.39 is 12.1 Å². The summed E-state index contributed by atoms with van der Waals surface area (Å²) in [5.74, 6) is 0.318. The molecule has 7 heteroatoms. The van der Waals surface area contributed by atoms with Crippen molar-refractivity contribution in [2.45, 2.75) is 76.0 Å². The minimum absolute atomic E-state index is 0.0206. The highest BCUT2D eigenvalue weighted by Gasteiger charge is 2.49. The van der Waals surface area contributed by atoms with Gasteiger partial charge in [-0.15, -0.1) is 0 Å². The van der Waals surface area contributed by atoms with E-state index >= 15 is 0 Å². The molecule has 3 aliphatic heterocycles. The van der Waals surface area contributed by atoms with Crippen LogP contribution in [0.4, 0.5) is 0 Å². The zero-order chi connectivity index (χ0) is 23.7. The molecule has 0 aromatic heterocycles. The van der Waals surface area contributed by atoms with Crippen LogP contribution in [-0.4, -0.2) is 78.4 Å². The number of carbonyl (C=O) groups is 3. The summed E-state index contributed by atoms with van der Waals surface area (Å²) in [6, 6.07) is 6.88. The maximum Gasteiger partial charge on any atom is 0.251 e. The number of amides is 2. The van der Waals surface area contributed by atoms with Gasteiger partial charge in [-0.3, -0.25) is 14.4 Å². The number of nitrogens with zero attached hydrogens (tertiary/aromatic N) is 2.